The lowest BCUT2D eigenvalue weighted by Gasteiger charge is -2.38. The Labute approximate surface area is 215 Å². The normalized spacial score (nSPS) is 23.4. The van der Waals surface area contributed by atoms with Crippen molar-refractivity contribution in [2.24, 2.45) is 22.1 Å². The summed E-state index contributed by atoms with van der Waals surface area (Å²) in [7, 11) is 3.06. The molecule has 1 aliphatic carbocycles. The molecule has 6 nitrogen and oxygen atoms in total. The van der Waals surface area contributed by atoms with Crippen molar-refractivity contribution < 1.29 is 27.4 Å². The Kier molecular flexibility index (Phi) is 8.21. The number of ether oxygens (including phenoxy) is 2. The van der Waals surface area contributed by atoms with Crippen molar-refractivity contribution in [3.05, 3.63) is 65.2 Å². The molecule has 2 aromatic carbocycles. The fraction of sp³-hybridized carbons (Fsp3) is 0.536. The highest BCUT2D eigenvalue weighted by atomic mass is 19.4. The highest BCUT2D eigenvalue weighted by Gasteiger charge is 2.65. The molecule has 37 heavy (non-hydrogen) atoms. The van der Waals surface area contributed by atoms with Crippen LogP contribution in [-0.4, -0.2) is 32.4 Å². The van der Waals surface area contributed by atoms with Crippen molar-refractivity contribution in [3.63, 3.8) is 0 Å². The van der Waals surface area contributed by atoms with Crippen LogP contribution in [0.25, 0.3) is 0 Å². The van der Waals surface area contributed by atoms with Gasteiger partial charge in [-0.3, -0.25) is 4.79 Å². The molecule has 0 aromatic heterocycles. The zero-order valence-electron chi connectivity index (χ0n) is 21.4. The summed E-state index contributed by atoms with van der Waals surface area (Å²) in [6.45, 7) is 2.02. The fourth-order valence-electron chi connectivity index (χ4n) is 5.45. The molecular weight excluding hydrogens is 483 g/mol. The topological polar surface area (TPSA) is 72.3 Å². The minimum Gasteiger partial charge on any atom is -0.497 e. The van der Waals surface area contributed by atoms with E-state index in [2.05, 4.69) is 27.7 Å². The molecule has 1 saturated carbocycles. The lowest BCUT2D eigenvalue weighted by atomic mass is 9.73. The lowest BCUT2D eigenvalue weighted by Crippen LogP contribution is -2.42. The zero-order chi connectivity index (χ0) is 26.6. The van der Waals surface area contributed by atoms with Gasteiger partial charge in [0.2, 0.25) is 0 Å². The van der Waals surface area contributed by atoms with Gasteiger partial charge < -0.3 is 14.8 Å². The molecule has 1 fully saturated rings. The molecule has 0 bridgehead atoms. The lowest BCUT2D eigenvalue weighted by molar-refractivity contribution is -0.166. The van der Waals surface area contributed by atoms with E-state index in [-0.39, 0.29) is 29.5 Å². The first-order valence-corrected chi connectivity index (χ1v) is 12.7. The van der Waals surface area contributed by atoms with Gasteiger partial charge in [0.25, 0.3) is 0 Å². The first-order chi connectivity index (χ1) is 17.6. The molecule has 4 rings (SSSR count). The second-order valence-electron chi connectivity index (χ2n) is 10.1. The predicted octanol–water partition coefficient (Wildman–Crippen LogP) is 6.51. The largest absolute Gasteiger partial charge is 0.497 e. The fourth-order valence-corrected chi connectivity index (χ4v) is 5.45. The van der Waals surface area contributed by atoms with Gasteiger partial charge in [0.05, 0.1) is 14.2 Å². The summed E-state index contributed by atoms with van der Waals surface area (Å²) in [4.78, 5) is 11.9. The van der Waals surface area contributed by atoms with Crippen molar-refractivity contribution in [2.45, 2.75) is 69.4 Å². The molecule has 200 valence electrons. The van der Waals surface area contributed by atoms with E-state index in [4.69, 9.17) is 9.47 Å². The van der Waals surface area contributed by atoms with E-state index in [1.807, 2.05) is 19.1 Å². The quantitative estimate of drug-likeness (QED) is 0.365. The van der Waals surface area contributed by atoms with Gasteiger partial charge in [0.15, 0.2) is 0 Å². The second-order valence-corrected chi connectivity index (χ2v) is 10.1. The molecule has 0 saturated heterocycles. The maximum atomic E-state index is 13.3. The van der Waals surface area contributed by atoms with Crippen LogP contribution < -0.4 is 10.1 Å². The van der Waals surface area contributed by atoms with E-state index in [1.54, 1.807) is 19.2 Å². The van der Waals surface area contributed by atoms with Gasteiger partial charge in [-0.15, -0.1) is 10.2 Å². The van der Waals surface area contributed by atoms with E-state index >= 15 is 0 Å². The number of carbonyl (C=O) groups is 1. The van der Waals surface area contributed by atoms with Crippen LogP contribution in [0.2, 0.25) is 0 Å². The van der Waals surface area contributed by atoms with Crippen LogP contribution in [0.1, 0.15) is 61.8 Å². The van der Waals surface area contributed by atoms with Gasteiger partial charge >= 0.3 is 17.8 Å². The number of rotatable bonds is 10. The van der Waals surface area contributed by atoms with Crippen LogP contribution in [0.3, 0.4) is 0 Å². The number of nitrogens with zero attached hydrogens (tertiary/aromatic N) is 2. The standard InChI is InChI=1S/C28H34F3N3O3/c1-18(21-7-10-23(11-8-21)27(33-34-27)28(29,30)31)32-25-14-6-20(17-22(25)9-15-26(35)37-3)16-19-4-12-24(36-2)13-5-19/h4-5,7-8,10-13,18,20,22,25,32H,6,9,14-17H2,1-3H3/t18-,20-,22+,25-/m1/s1. The van der Waals surface area contributed by atoms with Crippen LogP contribution in [0.5, 0.6) is 5.75 Å². The summed E-state index contributed by atoms with van der Waals surface area (Å²) in [5.41, 5.74) is -0.202. The Morgan fingerprint density at radius 1 is 1.08 bits per heavy atom. The SMILES string of the molecule is COC(=O)CC[C@H]1C[C@@H](Cc2ccc(OC)cc2)CC[C@H]1N[C@H](C)c1ccc(C2(C(F)(F)F)N=N2)cc1. The summed E-state index contributed by atoms with van der Waals surface area (Å²) in [5, 5.41) is 10.3. The third-order valence-electron chi connectivity index (χ3n) is 7.69. The molecule has 9 heteroatoms. The van der Waals surface area contributed by atoms with E-state index in [0.717, 1.165) is 43.4 Å². The van der Waals surface area contributed by atoms with Crippen molar-refractivity contribution in [2.75, 3.05) is 14.2 Å². The average molecular weight is 518 g/mol. The van der Waals surface area contributed by atoms with E-state index < -0.39 is 11.8 Å². The van der Waals surface area contributed by atoms with Gasteiger partial charge in [-0.05, 0) is 74.1 Å². The monoisotopic (exact) mass is 517 g/mol. The van der Waals surface area contributed by atoms with Crippen molar-refractivity contribution >= 4 is 5.97 Å². The molecule has 2 aliphatic rings. The van der Waals surface area contributed by atoms with Crippen molar-refractivity contribution in [3.8, 4) is 5.75 Å². The molecule has 0 amide bonds. The third kappa shape index (κ3) is 6.32. The first-order valence-electron chi connectivity index (χ1n) is 12.7. The van der Waals surface area contributed by atoms with E-state index in [0.29, 0.717) is 12.3 Å². The van der Waals surface area contributed by atoms with E-state index in [1.165, 1.54) is 24.8 Å². The van der Waals surface area contributed by atoms with Crippen molar-refractivity contribution in [1.29, 1.82) is 0 Å². The molecular formula is C28H34F3N3O3. The number of nitrogens with one attached hydrogen (secondary N) is 1. The number of halogens is 3. The van der Waals surface area contributed by atoms with Gasteiger partial charge in [0, 0.05) is 24.1 Å². The first kappa shape index (κ1) is 27.1. The number of methoxy groups -OCH3 is 2. The Bertz CT molecular complexity index is 1080. The number of alkyl halides is 3. The molecule has 0 unspecified atom stereocenters. The van der Waals surface area contributed by atoms with Crippen LogP contribution in [0.15, 0.2) is 58.8 Å². The summed E-state index contributed by atoms with van der Waals surface area (Å²) < 4.78 is 50.1. The molecule has 1 N–H and O–H groups in total. The minimum atomic E-state index is -4.53. The molecule has 0 spiro atoms. The summed E-state index contributed by atoms with van der Waals surface area (Å²) in [5.74, 6) is 1.42. The molecule has 1 heterocycles. The second kappa shape index (κ2) is 11.2. The summed E-state index contributed by atoms with van der Waals surface area (Å²) >= 11 is 0. The summed E-state index contributed by atoms with van der Waals surface area (Å²) in [6.07, 6.45) is 0.542. The van der Waals surface area contributed by atoms with Crippen LogP contribution >= 0.6 is 0 Å². The molecule has 1 aliphatic heterocycles. The van der Waals surface area contributed by atoms with Gasteiger partial charge in [-0.1, -0.05) is 36.4 Å². The molecule has 0 radical (unpaired) electrons. The van der Waals surface area contributed by atoms with Crippen LogP contribution in [-0.2, 0) is 21.6 Å². The Balaban J connectivity index is 1.40. The van der Waals surface area contributed by atoms with Gasteiger partial charge in [-0.2, -0.15) is 13.2 Å². The van der Waals surface area contributed by atoms with Crippen LogP contribution in [0, 0.1) is 11.8 Å². The highest BCUT2D eigenvalue weighted by Crippen LogP contribution is 2.52. The maximum Gasteiger partial charge on any atom is 0.442 e. The number of hydrogen-bond donors (Lipinski definition) is 1. The smallest absolute Gasteiger partial charge is 0.442 e. The van der Waals surface area contributed by atoms with Gasteiger partial charge in [0.1, 0.15) is 5.75 Å². The minimum absolute atomic E-state index is 0.0333. The Morgan fingerprint density at radius 2 is 1.76 bits per heavy atom. The average Bonchev–Trinajstić information content (AvgIpc) is 3.71. The number of hydrogen-bond acceptors (Lipinski definition) is 6. The Hall–Kier alpha value is -2.94. The predicted molar refractivity (Wildman–Crippen MR) is 133 cm³/mol. The Morgan fingerprint density at radius 3 is 2.32 bits per heavy atom. The van der Waals surface area contributed by atoms with Crippen LogP contribution in [0.4, 0.5) is 13.2 Å². The number of esters is 1. The molecule has 4 atom stereocenters. The summed E-state index contributed by atoms with van der Waals surface area (Å²) in [6, 6.07) is 14.6. The zero-order valence-corrected chi connectivity index (χ0v) is 21.4. The van der Waals surface area contributed by atoms with Gasteiger partial charge in [-0.25, -0.2) is 0 Å². The maximum absolute atomic E-state index is 13.3. The van der Waals surface area contributed by atoms with E-state index in [9.17, 15) is 18.0 Å². The number of carbonyl (C=O) groups excluding carboxylic acids is 1. The van der Waals surface area contributed by atoms with Crippen molar-refractivity contribution in [1.82, 2.24) is 5.32 Å². The molecule has 2 aromatic rings. The highest BCUT2D eigenvalue weighted by molar-refractivity contribution is 5.69. The third-order valence-corrected chi connectivity index (χ3v) is 7.69. The number of benzene rings is 2.